The molecule has 2 saturated heterocycles. The molecule has 1 saturated carbocycles. The van der Waals surface area contributed by atoms with Crippen LogP contribution in [-0.4, -0.2) is 71.3 Å². The third kappa shape index (κ3) is 3.38. The summed E-state index contributed by atoms with van der Waals surface area (Å²) in [6.45, 7) is 3.28. The number of morpholine rings is 1. The Labute approximate surface area is 182 Å². The Morgan fingerprint density at radius 3 is 2.66 bits per heavy atom. The van der Waals surface area contributed by atoms with Gasteiger partial charge in [-0.05, 0) is 25.8 Å². The molecule has 1 aliphatic carbocycles. The molecule has 8 nitrogen and oxygen atoms in total. The van der Waals surface area contributed by atoms with Crippen LogP contribution in [0.5, 0.6) is 0 Å². The molecule has 2 aliphatic heterocycles. The van der Waals surface area contributed by atoms with E-state index in [1.54, 1.807) is 4.90 Å². The standard InChI is InChI=1S/C22H23F2N3O5/c1-11(28)7-25-4-5-32-17-10-26(9-16(17)25)20-15(23)6-13-19(18(20)24)27(12-2-3-12)8-14(21(13)29)22(30)31/h6,8,12,16-17H,2-5,7,9-10H2,1H3,(H,30,31)/t16-,17+/m0/s1. The quantitative estimate of drug-likeness (QED) is 0.747. The summed E-state index contributed by atoms with van der Waals surface area (Å²) >= 11 is 0. The van der Waals surface area contributed by atoms with E-state index in [-0.39, 0.29) is 60.2 Å². The SMILES string of the molecule is CC(=O)CN1CCO[C@@H]2CN(c3c(F)cc4c(=O)c(C(=O)O)cn(C5CC5)c4c3F)C[C@@H]21. The number of fused-ring (bicyclic) bond motifs is 2. The minimum absolute atomic E-state index is 0.00912. The highest BCUT2D eigenvalue weighted by Crippen LogP contribution is 2.40. The van der Waals surface area contributed by atoms with Crippen LogP contribution < -0.4 is 10.3 Å². The smallest absolute Gasteiger partial charge is 0.341 e. The third-order valence-corrected chi connectivity index (χ3v) is 6.51. The van der Waals surface area contributed by atoms with Gasteiger partial charge in [0.05, 0.1) is 36.2 Å². The summed E-state index contributed by atoms with van der Waals surface area (Å²) in [7, 11) is 0. The zero-order valence-corrected chi connectivity index (χ0v) is 17.5. The normalized spacial score (nSPS) is 23.5. The number of rotatable bonds is 5. The van der Waals surface area contributed by atoms with Crippen molar-refractivity contribution in [3.63, 3.8) is 0 Å². The third-order valence-electron chi connectivity index (χ3n) is 6.51. The number of Topliss-reactive ketones (excluding diaryl/α,β-unsaturated/α-hetero) is 1. The number of benzene rings is 1. The summed E-state index contributed by atoms with van der Waals surface area (Å²) in [5.74, 6) is -3.22. The summed E-state index contributed by atoms with van der Waals surface area (Å²) in [5, 5.41) is 9.10. The zero-order valence-electron chi connectivity index (χ0n) is 17.5. The van der Waals surface area contributed by atoms with Crippen LogP contribution in [0.1, 0.15) is 36.2 Å². The highest BCUT2D eigenvalue weighted by atomic mass is 19.1. The van der Waals surface area contributed by atoms with Crippen LogP contribution in [0.15, 0.2) is 17.1 Å². The number of anilines is 1. The van der Waals surface area contributed by atoms with Gasteiger partial charge in [-0.3, -0.25) is 14.5 Å². The first-order valence-corrected chi connectivity index (χ1v) is 10.7. The van der Waals surface area contributed by atoms with Gasteiger partial charge < -0.3 is 19.3 Å². The van der Waals surface area contributed by atoms with E-state index < -0.39 is 28.6 Å². The number of hydrogen-bond donors (Lipinski definition) is 1. The average molecular weight is 447 g/mol. The second kappa shape index (κ2) is 7.63. The highest BCUT2D eigenvalue weighted by molar-refractivity contribution is 5.94. The van der Waals surface area contributed by atoms with Crippen LogP contribution in [0, 0.1) is 11.6 Å². The van der Waals surface area contributed by atoms with Gasteiger partial charge >= 0.3 is 5.97 Å². The molecule has 3 fully saturated rings. The fourth-order valence-corrected chi connectivity index (χ4v) is 4.94. The Hall–Kier alpha value is -2.85. The van der Waals surface area contributed by atoms with E-state index >= 15 is 8.78 Å². The average Bonchev–Trinajstić information content (AvgIpc) is 3.47. The molecule has 2 aromatic rings. The summed E-state index contributed by atoms with van der Waals surface area (Å²) in [5.41, 5.74) is -1.73. The number of aromatic carboxylic acids is 1. The summed E-state index contributed by atoms with van der Waals surface area (Å²) < 4.78 is 38.3. The molecule has 2 atom stereocenters. The Bertz CT molecular complexity index is 1190. The van der Waals surface area contributed by atoms with Crippen molar-refractivity contribution in [2.75, 3.05) is 37.7 Å². The Kier molecular flexibility index (Phi) is 5.01. The van der Waals surface area contributed by atoms with Gasteiger partial charge in [-0.2, -0.15) is 0 Å². The Balaban J connectivity index is 1.61. The van der Waals surface area contributed by atoms with Gasteiger partial charge in [-0.25, -0.2) is 13.6 Å². The molecule has 0 amide bonds. The maximum absolute atomic E-state index is 15.8. The molecule has 10 heteroatoms. The number of carbonyl (C=O) groups excluding carboxylic acids is 1. The summed E-state index contributed by atoms with van der Waals surface area (Å²) in [6.07, 6.45) is 2.32. The summed E-state index contributed by atoms with van der Waals surface area (Å²) in [6, 6.07) is 0.638. The molecule has 32 heavy (non-hydrogen) atoms. The number of ketones is 1. The van der Waals surface area contributed by atoms with Gasteiger partial charge in [-0.15, -0.1) is 0 Å². The molecular formula is C22H23F2N3O5. The van der Waals surface area contributed by atoms with Crippen molar-refractivity contribution < 1.29 is 28.2 Å². The van der Waals surface area contributed by atoms with Crippen LogP contribution in [-0.2, 0) is 9.53 Å². The van der Waals surface area contributed by atoms with E-state index in [9.17, 15) is 19.5 Å². The molecule has 1 N–H and O–H groups in total. The molecule has 1 aromatic heterocycles. The number of aromatic nitrogens is 1. The molecule has 0 unspecified atom stereocenters. The number of carboxylic acid groups (broad SMARTS) is 1. The molecule has 170 valence electrons. The van der Waals surface area contributed by atoms with Gasteiger partial charge in [0.2, 0.25) is 5.43 Å². The molecule has 3 heterocycles. The van der Waals surface area contributed by atoms with Crippen LogP contribution >= 0.6 is 0 Å². The second-order valence-electron chi connectivity index (χ2n) is 8.79. The predicted molar refractivity (Wildman–Crippen MR) is 111 cm³/mol. The van der Waals surface area contributed by atoms with E-state index in [2.05, 4.69) is 0 Å². The maximum atomic E-state index is 15.8. The molecule has 5 rings (SSSR count). The molecule has 0 spiro atoms. The van der Waals surface area contributed by atoms with Crippen molar-refractivity contribution in [3.05, 3.63) is 39.7 Å². The number of carbonyl (C=O) groups is 2. The van der Waals surface area contributed by atoms with E-state index in [0.717, 1.165) is 25.1 Å². The number of ether oxygens (including phenoxy) is 1. The van der Waals surface area contributed by atoms with Crippen molar-refractivity contribution in [3.8, 4) is 0 Å². The second-order valence-corrected chi connectivity index (χ2v) is 8.79. The van der Waals surface area contributed by atoms with Gasteiger partial charge in [-0.1, -0.05) is 0 Å². The first kappa shape index (κ1) is 21.0. The Morgan fingerprint density at radius 2 is 2.00 bits per heavy atom. The monoisotopic (exact) mass is 447 g/mol. The number of pyridine rings is 1. The fraction of sp³-hybridized carbons (Fsp3) is 0.500. The Morgan fingerprint density at radius 1 is 1.25 bits per heavy atom. The number of halogens is 2. The van der Waals surface area contributed by atoms with E-state index in [1.807, 2.05) is 4.90 Å². The lowest BCUT2D eigenvalue weighted by Gasteiger charge is -2.35. The van der Waals surface area contributed by atoms with Crippen LogP contribution in [0.4, 0.5) is 14.5 Å². The topological polar surface area (TPSA) is 92.1 Å². The number of hydrogen-bond acceptors (Lipinski definition) is 6. The summed E-state index contributed by atoms with van der Waals surface area (Å²) in [4.78, 5) is 39.3. The van der Waals surface area contributed by atoms with Crippen molar-refractivity contribution in [2.24, 2.45) is 0 Å². The largest absolute Gasteiger partial charge is 0.477 e. The molecule has 0 radical (unpaired) electrons. The minimum Gasteiger partial charge on any atom is -0.477 e. The lowest BCUT2D eigenvalue weighted by Crippen LogP contribution is -2.52. The van der Waals surface area contributed by atoms with Gasteiger partial charge in [0.15, 0.2) is 5.82 Å². The molecule has 1 aromatic carbocycles. The molecule has 3 aliphatic rings. The van der Waals surface area contributed by atoms with Crippen LogP contribution in [0.3, 0.4) is 0 Å². The maximum Gasteiger partial charge on any atom is 0.341 e. The highest BCUT2D eigenvalue weighted by Gasteiger charge is 2.42. The first-order chi connectivity index (χ1) is 15.3. The first-order valence-electron chi connectivity index (χ1n) is 10.7. The predicted octanol–water partition coefficient (Wildman–Crippen LogP) is 1.79. The van der Waals surface area contributed by atoms with Gasteiger partial charge in [0.1, 0.15) is 22.9 Å². The van der Waals surface area contributed by atoms with Gasteiger partial charge in [0, 0.05) is 31.9 Å². The zero-order chi connectivity index (χ0) is 22.7. The number of carboxylic acids is 1. The lowest BCUT2D eigenvalue weighted by molar-refractivity contribution is -0.121. The molecule has 0 bridgehead atoms. The minimum atomic E-state index is -1.43. The van der Waals surface area contributed by atoms with Crippen LogP contribution in [0.25, 0.3) is 10.9 Å². The van der Waals surface area contributed by atoms with Crippen molar-refractivity contribution in [1.29, 1.82) is 0 Å². The lowest BCUT2D eigenvalue weighted by atomic mass is 10.1. The number of nitrogens with zero attached hydrogens (tertiary/aromatic N) is 3. The van der Waals surface area contributed by atoms with Crippen molar-refractivity contribution in [2.45, 2.75) is 38.0 Å². The van der Waals surface area contributed by atoms with E-state index in [0.29, 0.717) is 13.2 Å². The van der Waals surface area contributed by atoms with Crippen LogP contribution in [0.2, 0.25) is 0 Å². The molecular weight excluding hydrogens is 424 g/mol. The van der Waals surface area contributed by atoms with E-state index in [4.69, 9.17) is 4.74 Å². The van der Waals surface area contributed by atoms with Crippen molar-refractivity contribution in [1.82, 2.24) is 9.47 Å². The van der Waals surface area contributed by atoms with Crippen molar-refractivity contribution >= 4 is 28.3 Å². The van der Waals surface area contributed by atoms with E-state index in [1.165, 1.54) is 11.5 Å². The fourth-order valence-electron chi connectivity index (χ4n) is 4.94. The van der Waals surface area contributed by atoms with Gasteiger partial charge in [0.25, 0.3) is 0 Å².